The first-order valence-electron chi connectivity index (χ1n) is 3.41. The monoisotopic (exact) mass is 210 g/mol. The summed E-state index contributed by atoms with van der Waals surface area (Å²) in [5.74, 6) is 0. The summed E-state index contributed by atoms with van der Waals surface area (Å²) in [6.07, 6.45) is -4.47. The van der Waals surface area contributed by atoms with Gasteiger partial charge < -0.3 is 5.11 Å². The van der Waals surface area contributed by atoms with E-state index in [0.717, 1.165) is 12.1 Å². The zero-order chi connectivity index (χ0) is 10.1. The summed E-state index contributed by atoms with van der Waals surface area (Å²) < 4.78 is 36.7. The fraction of sp³-hybridized carbons (Fsp3) is 0.250. The van der Waals surface area contributed by atoms with Gasteiger partial charge in [-0.3, -0.25) is 0 Å². The van der Waals surface area contributed by atoms with Crippen LogP contribution in [0.25, 0.3) is 0 Å². The summed E-state index contributed by atoms with van der Waals surface area (Å²) >= 11 is 5.40. The molecule has 13 heavy (non-hydrogen) atoms. The number of halogens is 4. The zero-order valence-corrected chi connectivity index (χ0v) is 7.15. The number of aliphatic hydroxyl groups is 1. The first-order valence-corrected chi connectivity index (χ1v) is 3.79. The second kappa shape index (κ2) is 3.55. The van der Waals surface area contributed by atoms with Crippen LogP contribution in [0.15, 0.2) is 18.2 Å². The van der Waals surface area contributed by atoms with Crippen LogP contribution in [0.1, 0.15) is 11.1 Å². The Morgan fingerprint density at radius 3 is 2.38 bits per heavy atom. The summed E-state index contributed by atoms with van der Waals surface area (Å²) in [7, 11) is 0. The van der Waals surface area contributed by atoms with Gasteiger partial charge in [-0.05, 0) is 17.7 Å². The molecule has 0 spiro atoms. The van der Waals surface area contributed by atoms with Gasteiger partial charge in [0.2, 0.25) is 0 Å². The second-order valence-electron chi connectivity index (χ2n) is 2.46. The maximum atomic E-state index is 12.2. The van der Waals surface area contributed by atoms with E-state index in [-0.39, 0.29) is 10.6 Å². The summed E-state index contributed by atoms with van der Waals surface area (Å²) in [6.45, 7) is -0.647. The van der Waals surface area contributed by atoms with Gasteiger partial charge in [0.15, 0.2) is 0 Å². The molecule has 0 atom stereocenters. The standard InChI is InChI=1S/C8H6ClF3O/c9-6-2-1-5(4-13)7(3-6)8(10,11)12/h1-3,13H,4H2. The van der Waals surface area contributed by atoms with Crippen molar-refractivity contribution in [3.63, 3.8) is 0 Å². The normalized spacial score (nSPS) is 11.8. The van der Waals surface area contributed by atoms with Crippen LogP contribution in [0.5, 0.6) is 0 Å². The lowest BCUT2D eigenvalue weighted by Crippen LogP contribution is -2.09. The Labute approximate surface area is 77.8 Å². The molecule has 0 unspecified atom stereocenters. The third-order valence-electron chi connectivity index (χ3n) is 1.55. The molecule has 1 aromatic rings. The molecule has 0 aliphatic carbocycles. The number of aliphatic hydroxyl groups excluding tert-OH is 1. The lowest BCUT2D eigenvalue weighted by Gasteiger charge is -2.10. The van der Waals surface area contributed by atoms with E-state index >= 15 is 0 Å². The van der Waals surface area contributed by atoms with Crippen molar-refractivity contribution in [2.24, 2.45) is 0 Å². The number of rotatable bonds is 1. The van der Waals surface area contributed by atoms with Gasteiger partial charge >= 0.3 is 6.18 Å². The van der Waals surface area contributed by atoms with E-state index in [4.69, 9.17) is 16.7 Å². The molecule has 0 aliphatic rings. The topological polar surface area (TPSA) is 20.2 Å². The van der Waals surface area contributed by atoms with Crippen molar-refractivity contribution in [2.45, 2.75) is 12.8 Å². The van der Waals surface area contributed by atoms with Gasteiger partial charge in [0.05, 0.1) is 12.2 Å². The Morgan fingerprint density at radius 1 is 1.31 bits per heavy atom. The molecule has 72 valence electrons. The maximum absolute atomic E-state index is 12.2. The van der Waals surface area contributed by atoms with Gasteiger partial charge in [-0.25, -0.2) is 0 Å². The van der Waals surface area contributed by atoms with Crippen LogP contribution in [0, 0.1) is 0 Å². The quantitative estimate of drug-likeness (QED) is 0.756. The van der Waals surface area contributed by atoms with Crippen molar-refractivity contribution in [3.05, 3.63) is 34.3 Å². The molecule has 1 N–H and O–H groups in total. The van der Waals surface area contributed by atoms with E-state index in [1.165, 1.54) is 6.07 Å². The summed E-state index contributed by atoms with van der Waals surface area (Å²) in [5.41, 5.74) is -1.06. The van der Waals surface area contributed by atoms with Crippen LogP contribution in [-0.4, -0.2) is 5.11 Å². The van der Waals surface area contributed by atoms with Crippen molar-refractivity contribution in [1.82, 2.24) is 0 Å². The lowest BCUT2D eigenvalue weighted by atomic mass is 10.1. The van der Waals surface area contributed by atoms with Crippen molar-refractivity contribution >= 4 is 11.6 Å². The number of benzene rings is 1. The smallest absolute Gasteiger partial charge is 0.392 e. The van der Waals surface area contributed by atoms with Gasteiger partial charge in [0.1, 0.15) is 0 Å². The van der Waals surface area contributed by atoms with E-state index in [9.17, 15) is 13.2 Å². The summed E-state index contributed by atoms with van der Waals surface area (Å²) in [5, 5.41) is 8.63. The molecule has 1 aromatic carbocycles. The van der Waals surface area contributed by atoms with E-state index in [2.05, 4.69) is 0 Å². The van der Waals surface area contributed by atoms with E-state index < -0.39 is 18.3 Å². The Morgan fingerprint density at radius 2 is 1.92 bits per heavy atom. The van der Waals surface area contributed by atoms with Gasteiger partial charge in [-0.1, -0.05) is 17.7 Å². The average molecular weight is 211 g/mol. The molecule has 0 fully saturated rings. The largest absolute Gasteiger partial charge is 0.416 e. The van der Waals surface area contributed by atoms with Gasteiger partial charge in [0.25, 0.3) is 0 Å². The average Bonchev–Trinajstić information content (AvgIpc) is 2.03. The minimum Gasteiger partial charge on any atom is -0.392 e. The van der Waals surface area contributed by atoms with Crippen LogP contribution in [0.4, 0.5) is 13.2 Å². The van der Waals surface area contributed by atoms with Crippen molar-refractivity contribution in [3.8, 4) is 0 Å². The van der Waals surface area contributed by atoms with Crippen LogP contribution in [0.3, 0.4) is 0 Å². The minimum atomic E-state index is -4.47. The Hall–Kier alpha value is -0.740. The highest BCUT2D eigenvalue weighted by Gasteiger charge is 2.33. The fourth-order valence-corrected chi connectivity index (χ4v) is 1.12. The zero-order valence-electron chi connectivity index (χ0n) is 6.40. The molecule has 1 nitrogen and oxygen atoms in total. The van der Waals surface area contributed by atoms with Crippen LogP contribution in [0.2, 0.25) is 5.02 Å². The molecule has 5 heteroatoms. The summed E-state index contributed by atoms with van der Waals surface area (Å²) in [6, 6.07) is 3.26. The molecule has 0 amide bonds. The Kier molecular flexibility index (Phi) is 2.83. The van der Waals surface area contributed by atoms with Gasteiger partial charge in [-0.2, -0.15) is 13.2 Å². The van der Waals surface area contributed by atoms with Crippen LogP contribution >= 0.6 is 11.6 Å². The number of hydrogen-bond donors (Lipinski definition) is 1. The molecule has 0 heterocycles. The number of hydrogen-bond acceptors (Lipinski definition) is 1. The van der Waals surface area contributed by atoms with Crippen molar-refractivity contribution < 1.29 is 18.3 Å². The molecule has 0 aromatic heterocycles. The first-order chi connectivity index (χ1) is 5.95. The van der Waals surface area contributed by atoms with E-state index in [1.54, 1.807) is 0 Å². The van der Waals surface area contributed by atoms with Gasteiger partial charge in [0, 0.05) is 5.02 Å². The SMILES string of the molecule is OCc1ccc(Cl)cc1C(F)(F)F. The predicted octanol–water partition coefficient (Wildman–Crippen LogP) is 2.85. The molecule has 0 radical (unpaired) electrons. The highest BCUT2D eigenvalue weighted by atomic mass is 35.5. The molecule has 0 saturated carbocycles. The van der Waals surface area contributed by atoms with E-state index in [0.29, 0.717) is 0 Å². The van der Waals surface area contributed by atoms with E-state index in [1.807, 2.05) is 0 Å². The Bertz CT molecular complexity index is 309. The molecular weight excluding hydrogens is 205 g/mol. The lowest BCUT2D eigenvalue weighted by molar-refractivity contribution is -0.138. The maximum Gasteiger partial charge on any atom is 0.416 e. The molecular formula is C8H6ClF3O. The molecule has 1 rings (SSSR count). The van der Waals surface area contributed by atoms with Crippen molar-refractivity contribution in [1.29, 1.82) is 0 Å². The molecule has 0 aliphatic heterocycles. The first kappa shape index (κ1) is 10.3. The second-order valence-corrected chi connectivity index (χ2v) is 2.89. The highest BCUT2D eigenvalue weighted by molar-refractivity contribution is 6.30. The molecule has 0 saturated heterocycles. The van der Waals surface area contributed by atoms with Crippen LogP contribution < -0.4 is 0 Å². The fourth-order valence-electron chi connectivity index (χ4n) is 0.950. The van der Waals surface area contributed by atoms with Gasteiger partial charge in [-0.15, -0.1) is 0 Å². The molecule has 0 bridgehead atoms. The minimum absolute atomic E-state index is 0.00419. The highest BCUT2D eigenvalue weighted by Crippen LogP contribution is 2.33. The Balaban J connectivity index is 3.24. The van der Waals surface area contributed by atoms with Crippen LogP contribution in [-0.2, 0) is 12.8 Å². The predicted molar refractivity (Wildman–Crippen MR) is 42.4 cm³/mol. The number of alkyl halides is 3. The third kappa shape index (κ3) is 2.35. The third-order valence-corrected chi connectivity index (χ3v) is 1.78. The van der Waals surface area contributed by atoms with Crippen molar-refractivity contribution in [2.75, 3.05) is 0 Å². The summed E-state index contributed by atoms with van der Waals surface area (Å²) in [4.78, 5) is 0.